The minimum absolute atomic E-state index is 0. The largest absolute Gasteiger partial charge is 1.00 e. The molecule has 0 saturated heterocycles. The third kappa shape index (κ3) is 51.9. The van der Waals surface area contributed by atoms with Crippen molar-refractivity contribution in [2.45, 2.75) is 231 Å². The van der Waals surface area contributed by atoms with Crippen LogP contribution in [0.1, 0.15) is 209 Å². The van der Waals surface area contributed by atoms with Gasteiger partial charge in [0.25, 0.3) is 24.6 Å². The number of alkyl halides is 1. The summed E-state index contributed by atoms with van der Waals surface area (Å²) in [5.74, 6) is -4.25. The van der Waals surface area contributed by atoms with Crippen LogP contribution in [0.4, 0.5) is 14.4 Å². The van der Waals surface area contributed by atoms with Crippen molar-refractivity contribution in [1.29, 1.82) is 0 Å². The molecule has 0 aliphatic carbocycles. The Labute approximate surface area is 764 Å². The predicted octanol–water partition coefficient (Wildman–Crippen LogP) is 9.61. The van der Waals surface area contributed by atoms with Gasteiger partial charge in [0, 0.05) is 67.9 Å². The van der Waals surface area contributed by atoms with E-state index in [9.17, 15) is 57.8 Å². The molecule has 0 bridgehead atoms. The van der Waals surface area contributed by atoms with Crippen LogP contribution in [0, 0.1) is 35.5 Å². The van der Waals surface area contributed by atoms with E-state index in [1.54, 1.807) is 129 Å². The number of benzene rings is 3. The van der Waals surface area contributed by atoms with Crippen LogP contribution in [-0.2, 0) is 80.3 Å². The van der Waals surface area contributed by atoms with Crippen LogP contribution in [-0.4, -0.2) is 133 Å². The second kappa shape index (κ2) is 60.0. The van der Waals surface area contributed by atoms with Gasteiger partial charge in [0.05, 0.1) is 34.1 Å². The average Bonchev–Trinajstić information content (AvgIpc) is 0.881. The SMILES string of the molecule is CC(C)[C@H](CC(=O)c1ccc[n+](COC(=O)N[C@@H](C)Cc2ccccc2)c1)C(=O)O.CC(C)[C@H](CC(=O)c1ccc[n+](COC(=O)N[C@@H](C)Cc2ccccc2)c1)C(=O)OC(C)(C)C.CC(C)[C@H](N)C(=O)OC(C)(C)C.CC(C)[C@H](NC(=O)c1cccnc1)C(=O)OC(C)(C)C.C[C@@H](Cc1ccccc1)NC(=O)OCCl.Cl.O=C(Cl)c1cccnc1.[Cl-].[I-]. The fourth-order valence-electron chi connectivity index (χ4n) is 10.6. The van der Waals surface area contributed by atoms with Crippen molar-refractivity contribution in [1.82, 2.24) is 31.2 Å². The predicted molar refractivity (Wildman–Crippen MR) is 466 cm³/mol. The lowest BCUT2D eigenvalue weighted by Crippen LogP contribution is -3.00. The van der Waals surface area contributed by atoms with Crippen LogP contribution in [0.5, 0.6) is 0 Å². The number of ether oxygens (including phenoxy) is 6. The number of nitrogens with two attached hydrogens (primary N) is 1. The van der Waals surface area contributed by atoms with Gasteiger partial charge in [0.15, 0.2) is 42.4 Å². The van der Waals surface area contributed by atoms with Gasteiger partial charge in [-0.2, -0.15) is 9.13 Å². The van der Waals surface area contributed by atoms with E-state index >= 15 is 0 Å². The first kappa shape index (κ1) is 115. The zero-order chi connectivity index (χ0) is 90.5. The van der Waals surface area contributed by atoms with Crippen LogP contribution in [0.25, 0.3) is 0 Å². The molecule has 27 nitrogen and oxygen atoms in total. The van der Waals surface area contributed by atoms with Gasteiger partial charge in [-0.05, 0) is 191 Å². The molecule has 3 aromatic carbocycles. The molecule has 4 amide bonds. The average molecular weight is 1900 g/mol. The number of hydrogen-bond donors (Lipinski definition) is 6. The van der Waals surface area contributed by atoms with E-state index in [0.29, 0.717) is 35.1 Å². The van der Waals surface area contributed by atoms with Crippen molar-refractivity contribution >= 4 is 100 Å². The van der Waals surface area contributed by atoms with Crippen molar-refractivity contribution in [2.75, 3.05) is 6.07 Å². The molecule has 7 rings (SSSR count). The molecule has 0 saturated carbocycles. The lowest BCUT2D eigenvalue weighted by molar-refractivity contribution is -0.727. The highest BCUT2D eigenvalue weighted by Gasteiger charge is 2.33. The number of alkyl carbamates (subject to hydrolysis) is 3. The molecule has 0 aliphatic rings. The molecule has 4 heterocycles. The normalized spacial score (nSPS) is 12.4. The van der Waals surface area contributed by atoms with E-state index in [-0.39, 0.29) is 152 Å². The zero-order valence-electron chi connectivity index (χ0n) is 74.1. The molecule has 0 unspecified atom stereocenters. The highest BCUT2D eigenvalue weighted by molar-refractivity contribution is 6.67. The molecule has 7 N–H and O–H groups in total. The van der Waals surface area contributed by atoms with Gasteiger partial charge < -0.3 is 96.9 Å². The molecule has 0 radical (unpaired) electrons. The summed E-state index contributed by atoms with van der Waals surface area (Å²) in [4.78, 5) is 138. The number of aromatic nitrogens is 4. The quantitative estimate of drug-likeness (QED) is 0.00447. The van der Waals surface area contributed by atoms with Crippen molar-refractivity contribution in [2.24, 2.45) is 41.2 Å². The van der Waals surface area contributed by atoms with Gasteiger partial charge >= 0.3 is 42.2 Å². The van der Waals surface area contributed by atoms with E-state index in [1.165, 1.54) is 18.0 Å². The van der Waals surface area contributed by atoms with Gasteiger partial charge in [-0.3, -0.25) is 43.5 Å². The molecule has 678 valence electrons. The lowest BCUT2D eigenvalue weighted by atomic mass is 9.89. The van der Waals surface area contributed by atoms with Gasteiger partial charge in [-0.15, -0.1) is 12.4 Å². The molecular weight excluding hydrogens is 1780 g/mol. The summed E-state index contributed by atoms with van der Waals surface area (Å²) in [7, 11) is 0. The number of Topliss-reactive ketones (excluding diaryl/α,β-unsaturated/α-hetero) is 2. The minimum Gasteiger partial charge on any atom is -1.00 e. The molecule has 0 spiro atoms. The number of halogens is 5. The Morgan fingerprint density at radius 1 is 0.439 bits per heavy atom. The molecule has 123 heavy (non-hydrogen) atoms. The summed E-state index contributed by atoms with van der Waals surface area (Å²) in [5, 5.41) is 19.8. The third-order valence-corrected chi connectivity index (χ3v) is 17.1. The number of carboxylic acid groups (broad SMARTS) is 1. The Kier molecular flexibility index (Phi) is 56.2. The number of nitrogens with one attached hydrogen (secondary N) is 4. The number of carbonyl (C=O) groups excluding carboxylic acids is 10. The standard InChI is InChI=1S/C27H36N2O5.C23H28N2O5.C15H22N2O3.C11H14ClNO2.C9H19NO2.C6H4ClNO.2ClH.HI/c1-19(2)23(25(31)34-27(4,5)6)16-24(30)22-13-10-14-29(17-22)18-33-26(32)28-20(3)15-21-11-8-7-9-12-21;1-16(2)20(22(27)28)13-21(26)19-10-7-11-25(14-19)15-30-23(29)24-17(3)12-18-8-5-4-6-9-18;1-10(2)12(14(19)20-15(3,4)5)17-13(18)11-7-6-8-16-9-11;1-9(13-11(14)15-8-12)7-10-5-3-2-4-6-10;1-6(2)7(10)8(11)12-9(3,4)5;7-6(9)5-2-1-3-8-4-5;;;/h7-14,17,19-20,23H,15-16,18H2,1-6H3;4-11,14,16-17,20H,12-13,15H2,1-3H3,(H-,24,27,28,29);6-10,12H,1-5H3,(H,17,18);2-6,9H,7-8H2,1H3,(H,13,14);6-7H,10H2,1-5H3;1-4H;3*1H/t20-,23-;17-,20-;12-;9-;7-;;;;/m00000..../s1. The number of carbonyl (C=O) groups is 11. The van der Waals surface area contributed by atoms with Crippen LogP contribution in [0.2, 0.25) is 0 Å². The third-order valence-electron chi connectivity index (χ3n) is 16.8. The number of rotatable bonds is 31. The molecule has 7 aromatic rings. The number of amides is 4. The number of pyridine rings is 4. The number of aliphatic carboxylic acids is 1. The van der Waals surface area contributed by atoms with Crippen LogP contribution in [0.3, 0.4) is 0 Å². The number of nitrogens with zero attached hydrogens (tertiary/aromatic N) is 4. The van der Waals surface area contributed by atoms with Crippen LogP contribution in [0.15, 0.2) is 189 Å². The van der Waals surface area contributed by atoms with Crippen molar-refractivity contribution in [3.8, 4) is 0 Å². The van der Waals surface area contributed by atoms with Gasteiger partial charge in [0.2, 0.25) is 0 Å². The molecule has 0 aliphatic heterocycles. The van der Waals surface area contributed by atoms with E-state index in [2.05, 4.69) is 36.0 Å². The summed E-state index contributed by atoms with van der Waals surface area (Å²) in [6, 6.07) is 41.5. The Hall–Kier alpha value is -9.72. The van der Waals surface area contributed by atoms with E-state index < -0.39 is 76.2 Å². The van der Waals surface area contributed by atoms with Crippen LogP contribution >= 0.6 is 35.6 Å². The first-order chi connectivity index (χ1) is 56.2. The topological polar surface area (TPSA) is 371 Å². The maximum Gasteiger partial charge on any atom is 0.412 e. The lowest BCUT2D eigenvalue weighted by Gasteiger charge is -2.26. The molecule has 7 atom stereocenters. The summed E-state index contributed by atoms with van der Waals surface area (Å²) in [6.07, 6.45) is 13.2. The fraction of sp³-hybridized carbons (Fsp3) is 0.462. The maximum atomic E-state index is 12.9. The fourth-order valence-corrected chi connectivity index (χ4v) is 10.8. The Morgan fingerprint density at radius 3 is 1.09 bits per heavy atom. The monoisotopic (exact) mass is 1900 g/mol. The first-order valence-electron chi connectivity index (χ1n) is 39.7. The highest BCUT2D eigenvalue weighted by atomic mass is 127. The number of esters is 3. The molecule has 4 aromatic heterocycles. The summed E-state index contributed by atoms with van der Waals surface area (Å²) in [5.41, 5.74) is 9.05. The summed E-state index contributed by atoms with van der Waals surface area (Å²) in [6.45, 7) is 36.8. The van der Waals surface area contributed by atoms with Gasteiger partial charge in [-0.25, -0.2) is 19.2 Å². The second-order valence-electron chi connectivity index (χ2n) is 32.7. The highest BCUT2D eigenvalue weighted by Crippen LogP contribution is 2.24. The van der Waals surface area contributed by atoms with Crippen molar-refractivity contribution < 1.29 is 132 Å². The zero-order valence-corrected chi connectivity index (χ0v) is 79.3. The Morgan fingerprint density at radius 2 is 0.780 bits per heavy atom. The van der Waals surface area contributed by atoms with E-state index in [1.807, 2.05) is 195 Å². The Bertz CT molecular complexity index is 4300. The maximum absolute atomic E-state index is 12.9. The summed E-state index contributed by atoms with van der Waals surface area (Å²) < 4.78 is 34.2. The molecular formula is C91H126Cl4IN9O18. The number of hydrogen-bond acceptors (Lipinski definition) is 20. The number of ketones is 2. The smallest absolute Gasteiger partial charge is 0.412 e. The molecule has 32 heteroatoms. The van der Waals surface area contributed by atoms with Gasteiger partial charge in [0.1, 0.15) is 28.9 Å². The summed E-state index contributed by atoms with van der Waals surface area (Å²) >= 11 is 10.4. The second-order valence-corrected chi connectivity index (χ2v) is 33.3. The van der Waals surface area contributed by atoms with Gasteiger partial charge in [-0.1, -0.05) is 158 Å². The molecule has 0 fully saturated rings. The number of carboxylic acids is 1. The Balaban J connectivity index is 0. The van der Waals surface area contributed by atoms with Crippen LogP contribution < -0.4 is 72.5 Å². The van der Waals surface area contributed by atoms with Crippen molar-refractivity contribution in [3.63, 3.8) is 0 Å². The van der Waals surface area contributed by atoms with E-state index in [0.717, 1.165) is 17.5 Å². The first-order valence-corrected chi connectivity index (χ1v) is 40.6. The van der Waals surface area contributed by atoms with Crippen molar-refractivity contribution in [3.05, 3.63) is 228 Å². The van der Waals surface area contributed by atoms with E-state index in [4.69, 9.17) is 52.6 Å². The minimum atomic E-state index is -0.980.